The van der Waals surface area contributed by atoms with E-state index in [1.807, 2.05) is 18.0 Å². The smallest absolute Gasteiger partial charge is 0.255 e. The summed E-state index contributed by atoms with van der Waals surface area (Å²) in [5.41, 5.74) is 3.16. The van der Waals surface area contributed by atoms with Crippen LogP contribution in [0.25, 0.3) is 0 Å². The van der Waals surface area contributed by atoms with Gasteiger partial charge in [-0.3, -0.25) is 4.79 Å². The maximum Gasteiger partial charge on any atom is 0.255 e. The second kappa shape index (κ2) is 5.48. The highest BCUT2D eigenvalue weighted by Gasteiger charge is 2.36. The summed E-state index contributed by atoms with van der Waals surface area (Å²) in [5, 5.41) is 3.65. The van der Waals surface area contributed by atoms with Gasteiger partial charge in [0.2, 0.25) is 0 Å². The average Bonchev–Trinajstić information content (AvgIpc) is 2.96. The first-order valence-corrected chi connectivity index (χ1v) is 8.21. The van der Waals surface area contributed by atoms with E-state index in [9.17, 15) is 4.79 Å². The Morgan fingerprint density at radius 3 is 2.48 bits per heavy atom. The Morgan fingerprint density at radius 2 is 1.95 bits per heavy atom. The largest absolute Gasteiger partial charge is 0.349 e. The fourth-order valence-corrected chi connectivity index (χ4v) is 4.20. The molecule has 2 atom stereocenters. The SMILES string of the molecule is CCn1c(C)cc(C(=O)N(C)C2CC3CCC(C2)N3)c1C. The summed E-state index contributed by atoms with van der Waals surface area (Å²) in [6.07, 6.45) is 4.75. The van der Waals surface area contributed by atoms with Gasteiger partial charge in [0, 0.05) is 43.1 Å². The number of carbonyl (C=O) groups excluding carboxylic acids is 1. The zero-order valence-electron chi connectivity index (χ0n) is 13.6. The fourth-order valence-electron chi connectivity index (χ4n) is 4.20. The second-order valence-corrected chi connectivity index (χ2v) is 6.71. The maximum atomic E-state index is 12.9. The van der Waals surface area contributed by atoms with Gasteiger partial charge in [0.1, 0.15) is 0 Å². The average molecular weight is 289 g/mol. The molecule has 3 rings (SSSR count). The number of fused-ring (bicyclic) bond motifs is 2. The number of aryl methyl sites for hydroxylation is 1. The van der Waals surface area contributed by atoms with Crippen molar-refractivity contribution < 1.29 is 4.79 Å². The maximum absolute atomic E-state index is 12.9. The number of hydrogen-bond acceptors (Lipinski definition) is 2. The van der Waals surface area contributed by atoms with Gasteiger partial charge in [0.25, 0.3) is 5.91 Å². The van der Waals surface area contributed by atoms with Gasteiger partial charge < -0.3 is 14.8 Å². The molecule has 1 aromatic heterocycles. The molecular formula is C17H27N3O. The molecule has 0 spiro atoms. The lowest BCUT2D eigenvalue weighted by atomic mass is 9.98. The molecule has 1 N–H and O–H groups in total. The van der Waals surface area contributed by atoms with Crippen LogP contribution in [0.3, 0.4) is 0 Å². The molecule has 0 aliphatic carbocycles. The molecule has 2 aliphatic rings. The van der Waals surface area contributed by atoms with Gasteiger partial charge >= 0.3 is 0 Å². The molecule has 3 heterocycles. The van der Waals surface area contributed by atoms with Gasteiger partial charge in [-0.1, -0.05) is 0 Å². The van der Waals surface area contributed by atoms with Crippen LogP contribution in [0.4, 0.5) is 0 Å². The van der Waals surface area contributed by atoms with E-state index in [-0.39, 0.29) is 5.91 Å². The van der Waals surface area contributed by atoms with Gasteiger partial charge in [-0.05, 0) is 52.5 Å². The van der Waals surface area contributed by atoms with Crippen molar-refractivity contribution >= 4 is 5.91 Å². The van der Waals surface area contributed by atoms with Crippen molar-refractivity contribution in [2.75, 3.05) is 7.05 Å². The first-order valence-electron chi connectivity index (χ1n) is 8.21. The standard InChI is InChI=1S/C17H27N3O/c1-5-20-11(2)8-16(12(20)3)17(21)19(4)15-9-13-6-7-14(10-15)18-13/h8,13-15,18H,5-7,9-10H2,1-4H3. The Balaban J connectivity index is 1.78. The third kappa shape index (κ3) is 2.50. The summed E-state index contributed by atoms with van der Waals surface area (Å²) < 4.78 is 2.22. The minimum atomic E-state index is 0.189. The Kier molecular flexibility index (Phi) is 3.82. The molecule has 0 saturated carbocycles. The topological polar surface area (TPSA) is 37.3 Å². The molecule has 21 heavy (non-hydrogen) atoms. The van der Waals surface area contributed by atoms with Crippen LogP contribution in [0.15, 0.2) is 6.07 Å². The van der Waals surface area contributed by atoms with E-state index in [1.54, 1.807) is 0 Å². The molecule has 4 nitrogen and oxygen atoms in total. The summed E-state index contributed by atoms with van der Waals surface area (Å²) in [6, 6.07) is 3.67. The second-order valence-electron chi connectivity index (χ2n) is 6.71. The zero-order valence-corrected chi connectivity index (χ0v) is 13.6. The lowest BCUT2D eigenvalue weighted by molar-refractivity contribution is 0.0681. The van der Waals surface area contributed by atoms with Crippen molar-refractivity contribution in [1.82, 2.24) is 14.8 Å². The van der Waals surface area contributed by atoms with Crippen LogP contribution in [0.2, 0.25) is 0 Å². The Morgan fingerprint density at radius 1 is 1.33 bits per heavy atom. The zero-order chi connectivity index (χ0) is 15.1. The molecule has 1 amide bonds. The minimum absolute atomic E-state index is 0.189. The predicted molar refractivity (Wildman–Crippen MR) is 84.6 cm³/mol. The van der Waals surface area contributed by atoms with Crippen molar-refractivity contribution in [3.05, 3.63) is 23.0 Å². The van der Waals surface area contributed by atoms with Crippen LogP contribution in [-0.4, -0.2) is 40.5 Å². The summed E-state index contributed by atoms with van der Waals surface area (Å²) in [5.74, 6) is 0.189. The van der Waals surface area contributed by atoms with Gasteiger partial charge in [-0.2, -0.15) is 0 Å². The summed E-state index contributed by atoms with van der Waals surface area (Å²) in [7, 11) is 1.98. The minimum Gasteiger partial charge on any atom is -0.349 e. The van der Waals surface area contributed by atoms with E-state index in [4.69, 9.17) is 0 Å². The van der Waals surface area contributed by atoms with Crippen molar-refractivity contribution in [1.29, 1.82) is 0 Å². The molecule has 1 aromatic rings. The molecule has 116 valence electrons. The van der Waals surface area contributed by atoms with Crippen molar-refractivity contribution in [2.24, 2.45) is 0 Å². The number of rotatable bonds is 3. The van der Waals surface area contributed by atoms with E-state index in [0.717, 1.165) is 30.6 Å². The Labute approximate surface area is 127 Å². The highest BCUT2D eigenvalue weighted by Crippen LogP contribution is 2.30. The van der Waals surface area contributed by atoms with E-state index < -0.39 is 0 Å². The third-order valence-electron chi connectivity index (χ3n) is 5.44. The number of nitrogens with zero attached hydrogens (tertiary/aromatic N) is 2. The van der Waals surface area contributed by atoms with Gasteiger partial charge in [-0.25, -0.2) is 0 Å². The molecule has 4 heteroatoms. The summed E-state index contributed by atoms with van der Waals surface area (Å²) in [6.45, 7) is 7.19. The first-order chi connectivity index (χ1) is 10.0. The summed E-state index contributed by atoms with van der Waals surface area (Å²) in [4.78, 5) is 14.9. The van der Waals surface area contributed by atoms with Gasteiger partial charge in [0.15, 0.2) is 0 Å². The lowest BCUT2D eigenvalue weighted by Gasteiger charge is -2.35. The van der Waals surface area contributed by atoms with E-state index in [1.165, 1.54) is 18.5 Å². The first kappa shape index (κ1) is 14.6. The molecule has 2 fully saturated rings. The van der Waals surface area contributed by atoms with Crippen molar-refractivity contribution in [3.63, 3.8) is 0 Å². The number of carbonyl (C=O) groups is 1. The number of piperidine rings is 1. The number of hydrogen-bond donors (Lipinski definition) is 1. The molecule has 2 unspecified atom stereocenters. The highest BCUT2D eigenvalue weighted by molar-refractivity contribution is 5.95. The molecule has 2 aliphatic heterocycles. The number of aromatic nitrogens is 1. The van der Waals surface area contributed by atoms with Gasteiger partial charge in [-0.15, -0.1) is 0 Å². The monoisotopic (exact) mass is 289 g/mol. The van der Waals surface area contributed by atoms with E-state index >= 15 is 0 Å². The van der Waals surface area contributed by atoms with Crippen LogP contribution < -0.4 is 5.32 Å². The molecule has 0 radical (unpaired) electrons. The van der Waals surface area contributed by atoms with E-state index in [2.05, 4.69) is 30.7 Å². The van der Waals surface area contributed by atoms with E-state index in [0.29, 0.717) is 18.1 Å². The van der Waals surface area contributed by atoms with Crippen LogP contribution in [0, 0.1) is 13.8 Å². The molecule has 2 saturated heterocycles. The normalized spacial score (nSPS) is 27.9. The van der Waals surface area contributed by atoms with Crippen LogP contribution in [0.5, 0.6) is 0 Å². The highest BCUT2D eigenvalue weighted by atomic mass is 16.2. The van der Waals surface area contributed by atoms with Crippen LogP contribution >= 0.6 is 0 Å². The molecular weight excluding hydrogens is 262 g/mol. The Hall–Kier alpha value is -1.29. The third-order valence-corrected chi connectivity index (χ3v) is 5.44. The lowest BCUT2D eigenvalue weighted by Crippen LogP contribution is -2.48. The number of nitrogens with one attached hydrogen (secondary N) is 1. The predicted octanol–water partition coefficient (Wildman–Crippen LogP) is 2.48. The Bertz CT molecular complexity index is 536. The number of amides is 1. The van der Waals surface area contributed by atoms with Crippen LogP contribution in [0.1, 0.15) is 54.4 Å². The van der Waals surface area contributed by atoms with Crippen molar-refractivity contribution in [3.8, 4) is 0 Å². The quantitative estimate of drug-likeness (QED) is 0.928. The molecule has 2 bridgehead atoms. The van der Waals surface area contributed by atoms with Crippen molar-refractivity contribution in [2.45, 2.75) is 71.1 Å². The van der Waals surface area contributed by atoms with Gasteiger partial charge in [0.05, 0.1) is 5.56 Å². The fraction of sp³-hybridized carbons (Fsp3) is 0.706. The van der Waals surface area contributed by atoms with Crippen LogP contribution in [-0.2, 0) is 6.54 Å². The summed E-state index contributed by atoms with van der Waals surface area (Å²) >= 11 is 0. The molecule has 0 aromatic carbocycles.